The summed E-state index contributed by atoms with van der Waals surface area (Å²) in [6.07, 6.45) is 6.87. The van der Waals surface area contributed by atoms with Gasteiger partial charge in [0.1, 0.15) is 11.6 Å². The van der Waals surface area contributed by atoms with Gasteiger partial charge in [-0.3, -0.25) is 14.6 Å². The molecule has 1 aromatic heterocycles. The molecule has 1 atom stereocenters. The highest BCUT2D eigenvalue weighted by Gasteiger charge is 2.34. The van der Waals surface area contributed by atoms with Gasteiger partial charge in [0, 0.05) is 54.8 Å². The molecule has 1 saturated carbocycles. The third kappa shape index (κ3) is 5.96. The lowest BCUT2D eigenvalue weighted by atomic mass is 9.97. The SMILES string of the molecule is CC[C@H]1CN(c2ncc(NC(=O)C3CC3)cc2Cl)CCN1C1CCN(Cc2ccc(Cl)cc2F)CC1. The van der Waals surface area contributed by atoms with Crippen molar-refractivity contribution >= 4 is 40.6 Å². The second-order valence-corrected chi connectivity index (χ2v) is 11.1. The average molecular weight is 535 g/mol. The van der Waals surface area contributed by atoms with E-state index in [-0.39, 0.29) is 17.6 Å². The van der Waals surface area contributed by atoms with Crippen LogP contribution in [0.4, 0.5) is 15.9 Å². The van der Waals surface area contributed by atoms with Crippen LogP contribution in [0.3, 0.4) is 0 Å². The van der Waals surface area contributed by atoms with E-state index in [0.717, 1.165) is 70.6 Å². The topological polar surface area (TPSA) is 51.7 Å². The Hall–Kier alpha value is -1.93. The molecule has 1 aliphatic carbocycles. The molecule has 1 aromatic carbocycles. The predicted octanol–water partition coefficient (Wildman–Crippen LogP) is 5.44. The highest BCUT2D eigenvalue weighted by Crippen LogP contribution is 2.33. The lowest BCUT2D eigenvalue weighted by molar-refractivity contribution is -0.117. The monoisotopic (exact) mass is 533 g/mol. The lowest BCUT2D eigenvalue weighted by Gasteiger charge is -2.47. The summed E-state index contributed by atoms with van der Waals surface area (Å²) in [5, 5.41) is 3.94. The molecule has 2 aromatic rings. The molecule has 1 amide bonds. The van der Waals surface area contributed by atoms with Gasteiger partial charge < -0.3 is 10.2 Å². The van der Waals surface area contributed by atoms with Crippen LogP contribution in [0.2, 0.25) is 10.0 Å². The molecule has 0 radical (unpaired) electrons. The zero-order chi connectivity index (χ0) is 25.2. The molecule has 0 bridgehead atoms. The van der Waals surface area contributed by atoms with Gasteiger partial charge in [-0.05, 0) is 63.4 Å². The van der Waals surface area contributed by atoms with Crippen molar-refractivity contribution in [3.63, 3.8) is 0 Å². The Labute approximate surface area is 222 Å². The Kier molecular flexibility index (Phi) is 8.01. The molecule has 0 spiro atoms. The van der Waals surface area contributed by atoms with Crippen molar-refractivity contribution in [3.05, 3.63) is 51.9 Å². The van der Waals surface area contributed by atoms with Gasteiger partial charge in [-0.2, -0.15) is 0 Å². The van der Waals surface area contributed by atoms with Crippen LogP contribution in [-0.2, 0) is 11.3 Å². The maximum Gasteiger partial charge on any atom is 0.227 e. The van der Waals surface area contributed by atoms with Crippen molar-refractivity contribution in [2.75, 3.05) is 42.9 Å². The number of halogens is 3. The van der Waals surface area contributed by atoms with Crippen LogP contribution in [0, 0.1) is 11.7 Å². The van der Waals surface area contributed by atoms with Crippen LogP contribution in [-0.4, -0.2) is 65.5 Å². The number of piperazine rings is 1. The highest BCUT2D eigenvalue weighted by molar-refractivity contribution is 6.33. The number of anilines is 2. The zero-order valence-electron chi connectivity index (χ0n) is 20.7. The fraction of sp³-hybridized carbons (Fsp3) is 0.556. The summed E-state index contributed by atoms with van der Waals surface area (Å²) in [5.74, 6) is 0.772. The normalized spacial score (nSPS) is 22.1. The van der Waals surface area contributed by atoms with Gasteiger partial charge in [-0.25, -0.2) is 9.37 Å². The summed E-state index contributed by atoms with van der Waals surface area (Å²) >= 11 is 12.5. The Morgan fingerprint density at radius 3 is 2.56 bits per heavy atom. The molecule has 6 nitrogen and oxygen atoms in total. The second kappa shape index (κ2) is 11.2. The summed E-state index contributed by atoms with van der Waals surface area (Å²) in [7, 11) is 0. The first kappa shape index (κ1) is 25.7. The largest absolute Gasteiger partial charge is 0.353 e. The number of amides is 1. The number of pyridine rings is 1. The number of piperidine rings is 1. The Morgan fingerprint density at radius 1 is 1.11 bits per heavy atom. The van der Waals surface area contributed by atoms with Crippen LogP contribution in [0.5, 0.6) is 0 Å². The maximum absolute atomic E-state index is 14.2. The summed E-state index contributed by atoms with van der Waals surface area (Å²) in [6, 6.07) is 7.73. The van der Waals surface area contributed by atoms with Crippen molar-refractivity contribution in [1.82, 2.24) is 14.8 Å². The number of hydrogen-bond acceptors (Lipinski definition) is 5. The van der Waals surface area contributed by atoms with E-state index in [1.807, 2.05) is 6.07 Å². The van der Waals surface area contributed by atoms with Crippen LogP contribution >= 0.6 is 23.2 Å². The minimum absolute atomic E-state index is 0.0598. The standard InChI is InChI=1S/C27H34Cl2FN5O/c1-2-22-17-34(26-24(29)14-21(15-31-26)32-27(36)18-3-4-18)11-12-35(22)23-7-9-33(10-8-23)16-19-5-6-20(28)13-25(19)30/h5-6,13-15,18,22-23H,2-4,7-12,16-17H2,1H3,(H,32,36)/t22-/m0/s1. The minimum Gasteiger partial charge on any atom is -0.353 e. The Balaban J connectivity index is 1.16. The molecule has 3 heterocycles. The van der Waals surface area contributed by atoms with Crippen LogP contribution in [0.15, 0.2) is 30.5 Å². The number of aromatic nitrogens is 1. The van der Waals surface area contributed by atoms with Gasteiger partial charge in [-0.1, -0.05) is 36.2 Å². The van der Waals surface area contributed by atoms with Gasteiger partial charge in [-0.15, -0.1) is 0 Å². The van der Waals surface area contributed by atoms with Crippen molar-refractivity contribution in [2.45, 2.75) is 57.7 Å². The molecule has 3 aliphatic rings. The first-order valence-electron chi connectivity index (χ1n) is 13.0. The number of carbonyl (C=O) groups is 1. The summed E-state index contributed by atoms with van der Waals surface area (Å²) in [4.78, 5) is 24.0. The third-order valence-corrected chi connectivity index (χ3v) is 8.28. The number of nitrogens with zero attached hydrogens (tertiary/aromatic N) is 4. The smallest absolute Gasteiger partial charge is 0.227 e. The summed E-state index contributed by atoms with van der Waals surface area (Å²) < 4.78 is 14.2. The molecule has 36 heavy (non-hydrogen) atoms. The van der Waals surface area contributed by atoms with E-state index in [0.29, 0.717) is 39.9 Å². The van der Waals surface area contributed by atoms with Crippen molar-refractivity contribution in [3.8, 4) is 0 Å². The van der Waals surface area contributed by atoms with E-state index in [2.05, 4.69) is 31.9 Å². The van der Waals surface area contributed by atoms with Gasteiger partial charge in [0.2, 0.25) is 5.91 Å². The van der Waals surface area contributed by atoms with E-state index < -0.39 is 0 Å². The van der Waals surface area contributed by atoms with Gasteiger partial charge in [0.25, 0.3) is 0 Å². The van der Waals surface area contributed by atoms with Crippen LogP contribution in [0.1, 0.15) is 44.6 Å². The minimum atomic E-state index is -0.225. The molecular weight excluding hydrogens is 500 g/mol. The number of likely N-dealkylation sites (tertiary alicyclic amines) is 1. The summed E-state index contributed by atoms with van der Waals surface area (Å²) in [5.41, 5.74) is 1.37. The number of hydrogen-bond donors (Lipinski definition) is 1. The van der Waals surface area contributed by atoms with Gasteiger partial charge >= 0.3 is 0 Å². The molecule has 2 aliphatic heterocycles. The quantitative estimate of drug-likeness (QED) is 0.513. The Morgan fingerprint density at radius 2 is 1.89 bits per heavy atom. The van der Waals surface area contributed by atoms with Crippen LogP contribution in [0.25, 0.3) is 0 Å². The first-order valence-corrected chi connectivity index (χ1v) is 13.8. The van der Waals surface area contributed by atoms with Crippen LogP contribution < -0.4 is 10.2 Å². The van der Waals surface area contributed by atoms with E-state index in [1.54, 1.807) is 18.3 Å². The molecule has 3 fully saturated rings. The fourth-order valence-corrected chi connectivity index (χ4v) is 5.97. The zero-order valence-corrected chi connectivity index (χ0v) is 22.2. The number of rotatable bonds is 7. The maximum atomic E-state index is 14.2. The number of benzene rings is 1. The molecular formula is C27H34Cl2FN5O. The molecule has 0 unspecified atom stereocenters. The molecule has 194 valence electrons. The number of nitrogens with one attached hydrogen (secondary N) is 1. The van der Waals surface area contributed by atoms with Crippen molar-refractivity contribution < 1.29 is 9.18 Å². The fourth-order valence-electron chi connectivity index (χ4n) is 5.53. The van der Waals surface area contributed by atoms with Gasteiger partial charge in [0.15, 0.2) is 0 Å². The molecule has 9 heteroatoms. The average Bonchev–Trinajstić information content (AvgIpc) is 3.72. The van der Waals surface area contributed by atoms with Crippen molar-refractivity contribution in [1.29, 1.82) is 0 Å². The van der Waals surface area contributed by atoms with Gasteiger partial charge in [0.05, 0.1) is 16.9 Å². The molecule has 5 rings (SSSR count). The van der Waals surface area contributed by atoms with E-state index in [9.17, 15) is 9.18 Å². The Bertz CT molecular complexity index is 1090. The van der Waals surface area contributed by atoms with E-state index >= 15 is 0 Å². The lowest BCUT2D eigenvalue weighted by Crippen LogP contribution is -2.58. The number of carbonyl (C=O) groups excluding carboxylic acids is 1. The van der Waals surface area contributed by atoms with E-state index in [1.165, 1.54) is 6.07 Å². The van der Waals surface area contributed by atoms with E-state index in [4.69, 9.17) is 23.2 Å². The molecule has 1 N–H and O–H groups in total. The van der Waals surface area contributed by atoms with Crippen molar-refractivity contribution in [2.24, 2.45) is 5.92 Å². The highest BCUT2D eigenvalue weighted by atomic mass is 35.5. The predicted molar refractivity (Wildman–Crippen MR) is 143 cm³/mol. The summed E-state index contributed by atoms with van der Waals surface area (Å²) in [6.45, 7) is 7.51. The second-order valence-electron chi connectivity index (χ2n) is 10.3. The first-order chi connectivity index (χ1) is 17.4. The third-order valence-electron chi connectivity index (χ3n) is 7.77. The molecule has 2 saturated heterocycles.